The summed E-state index contributed by atoms with van der Waals surface area (Å²) in [6.07, 6.45) is 0.139. The molecule has 0 radical (unpaired) electrons. The highest BCUT2D eigenvalue weighted by atomic mass is 19.1. The quantitative estimate of drug-likeness (QED) is 0.0590. The highest BCUT2D eigenvalue weighted by Crippen LogP contribution is 2.41. The molecule has 0 fully saturated rings. The van der Waals surface area contributed by atoms with Crippen LogP contribution in [0, 0.1) is 30.2 Å². The zero-order valence-electron chi connectivity index (χ0n) is 37.6. The van der Waals surface area contributed by atoms with Gasteiger partial charge in [-0.3, -0.25) is 0 Å². The number of benzene rings is 8. The molecule has 8 aromatic rings. The molecule has 350 valence electrons. The summed E-state index contributed by atoms with van der Waals surface area (Å²) in [5.74, 6) is -2.57. The van der Waals surface area contributed by atoms with E-state index < -0.39 is 23.3 Å². The molecule has 0 aliphatic rings. The molecule has 0 saturated carbocycles. The molecule has 0 aromatic heterocycles. The number of hydrogen-bond donors (Lipinski definition) is 4. The SMILES string of the molecule is CCc1cc(N=Nc2cccc(F)c2)cc(Cc2cc(N=Nc3cccc(F)c3)cc(Cc3cc(N=Nc4cccc(F)c4)cc(Cc4cc(N=Nc5cccc(F)c5)cc(C)c4O)c3O)c2O)c1O. The maximum atomic E-state index is 14.2. The first-order valence-corrected chi connectivity index (χ1v) is 21.8. The monoisotopic (exact) mass is 942 g/mol. The zero-order valence-corrected chi connectivity index (χ0v) is 37.6. The van der Waals surface area contributed by atoms with Gasteiger partial charge in [0, 0.05) is 76.9 Å². The van der Waals surface area contributed by atoms with E-state index in [-0.39, 0.29) is 98.6 Å². The van der Waals surface area contributed by atoms with Gasteiger partial charge in [0.1, 0.15) is 46.3 Å². The van der Waals surface area contributed by atoms with Crippen LogP contribution in [-0.4, -0.2) is 20.4 Å². The number of phenolic OH excluding ortho intramolecular Hbond substituents is 4. The summed E-state index contributed by atoms with van der Waals surface area (Å²) >= 11 is 0. The largest absolute Gasteiger partial charge is 0.507 e. The van der Waals surface area contributed by atoms with Crippen LogP contribution in [0.4, 0.5) is 63.1 Å². The first-order valence-electron chi connectivity index (χ1n) is 21.8. The third-order valence-corrected chi connectivity index (χ3v) is 11.0. The van der Waals surface area contributed by atoms with Crippen LogP contribution >= 0.6 is 0 Å². The van der Waals surface area contributed by atoms with Crippen LogP contribution < -0.4 is 0 Å². The fourth-order valence-corrected chi connectivity index (χ4v) is 7.60. The standard InChI is InChI=1S/C54H42F4N8O4/c1-3-32-20-48(64-60-44-13-5-9-40(56)28-44)22-34(52(32)68)18-36-24-50(66-62-46-15-7-11-42(58)30-46)26-38(54(36)70)19-37-25-49(65-61-45-14-6-10-41(57)29-45)23-35(53(37)69)17-33-21-47(16-31(2)51(33)67)63-59-43-12-4-8-39(55)27-43/h4-16,20-30,67-70H,3,17-19H2,1-2H3. The molecule has 0 bridgehead atoms. The summed E-state index contributed by atoms with van der Waals surface area (Å²) in [7, 11) is 0. The normalized spacial score (nSPS) is 11.8. The molecular weight excluding hydrogens is 901 g/mol. The molecule has 0 saturated heterocycles. The molecular formula is C54H42F4N8O4. The minimum Gasteiger partial charge on any atom is -0.507 e. The molecule has 16 heteroatoms. The summed E-state index contributed by atoms with van der Waals surface area (Å²) in [6.45, 7) is 3.52. The zero-order chi connectivity index (χ0) is 49.3. The molecule has 0 amide bonds. The third-order valence-electron chi connectivity index (χ3n) is 11.0. The van der Waals surface area contributed by atoms with Crippen molar-refractivity contribution in [2.45, 2.75) is 39.5 Å². The van der Waals surface area contributed by atoms with Crippen molar-refractivity contribution in [3.8, 4) is 23.0 Å². The first kappa shape index (κ1) is 47.6. The first-order chi connectivity index (χ1) is 33.8. The molecule has 12 nitrogen and oxygen atoms in total. The van der Waals surface area contributed by atoms with Gasteiger partial charge in [-0.25, -0.2) is 17.6 Å². The van der Waals surface area contributed by atoms with Crippen molar-refractivity contribution in [3.63, 3.8) is 0 Å². The Morgan fingerprint density at radius 2 is 0.557 bits per heavy atom. The molecule has 8 rings (SSSR count). The second kappa shape index (κ2) is 21.4. The summed E-state index contributed by atoms with van der Waals surface area (Å²) in [5.41, 5.74) is 4.92. The van der Waals surface area contributed by atoms with E-state index in [4.69, 9.17) is 0 Å². The second-order valence-electron chi connectivity index (χ2n) is 16.2. The van der Waals surface area contributed by atoms with Gasteiger partial charge in [0.2, 0.25) is 0 Å². The van der Waals surface area contributed by atoms with Crippen molar-refractivity contribution in [3.05, 3.63) is 213 Å². The molecule has 0 aliphatic heterocycles. The molecule has 8 aromatic carbocycles. The number of nitrogens with zero attached hydrogens (tertiary/aromatic N) is 8. The molecule has 0 heterocycles. The summed E-state index contributed by atoms with van der Waals surface area (Å²) in [4.78, 5) is 0. The number of halogens is 4. The van der Waals surface area contributed by atoms with Gasteiger partial charge >= 0.3 is 0 Å². The number of azo groups is 4. The van der Waals surface area contributed by atoms with E-state index in [1.807, 2.05) is 6.92 Å². The van der Waals surface area contributed by atoms with Crippen molar-refractivity contribution in [1.29, 1.82) is 0 Å². The minimum absolute atomic E-state index is 0.0448. The molecule has 0 aliphatic carbocycles. The lowest BCUT2D eigenvalue weighted by molar-refractivity contribution is 0.453. The van der Waals surface area contributed by atoms with Crippen LogP contribution in [0.3, 0.4) is 0 Å². The number of hydrogen-bond acceptors (Lipinski definition) is 12. The van der Waals surface area contributed by atoms with E-state index in [0.717, 1.165) is 0 Å². The van der Waals surface area contributed by atoms with Gasteiger partial charge in [-0.05, 0) is 122 Å². The van der Waals surface area contributed by atoms with E-state index in [1.165, 1.54) is 72.8 Å². The van der Waals surface area contributed by atoms with E-state index >= 15 is 0 Å². The van der Waals surface area contributed by atoms with Gasteiger partial charge in [-0.1, -0.05) is 31.2 Å². The highest BCUT2D eigenvalue weighted by molar-refractivity contribution is 5.62. The number of rotatable bonds is 15. The van der Waals surface area contributed by atoms with E-state index in [0.29, 0.717) is 40.0 Å². The Morgan fingerprint density at radius 1 is 0.314 bits per heavy atom. The van der Waals surface area contributed by atoms with E-state index in [9.17, 15) is 38.0 Å². The van der Waals surface area contributed by atoms with E-state index in [1.54, 1.807) is 79.7 Å². The van der Waals surface area contributed by atoms with Crippen molar-refractivity contribution in [2.24, 2.45) is 40.9 Å². The topological polar surface area (TPSA) is 180 Å². The lowest BCUT2D eigenvalue weighted by Crippen LogP contribution is -1.99. The van der Waals surface area contributed by atoms with E-state index in [2.05, 4.69) is 40.9 Å². The van der Waals surface area contributed by atoms with Crippen LogP contribution in [0.2, 0.25) is 0 Å². The smallest absolute Gasteiger partial charge is 0.125 e. The molecule has 0 spiro atoms. The maximum absolute atomic E-state index is 14.2. The maximum Gasteiger partial charge on any atom is 0.125 e. The molecule has 4 N–H and O–H groups in total. The van der Waals surface area contributed by atoms with Gasteiger partial charge in [0.05, 0.1) is 45.5 Å². The summed E-state index contributed by atoms with van der Waals surface area (Å²) in [6, 6.07) is 34.9. The highest BCUT2D eigenvalue weighted by Gasteiger charge is 2.20. The van der Waals surface area contributed by atoms with Crippen LogP contribution in [0.1, 0.15) is 51.4 Å². The second-order valence-corrected chi connectivity index (χ2v) is 16.2. The molecule has 0 unspecified atom stereocenters. The predicted octanol–water partition coefficient (Wildman–Crippen LogP) is 16.4. The Kier molecular flexibility index (Phi) is 14.5. The average Bonchev–Trinajstić information content (AvgIpc) is 3.33. The fraction of sp³-hybridized carbons (Fsp3) is 0.111. The average molecular weight is 943 g/mol. The number of phenols is 4. The van der Waals surface area contributed by atoms with Crippen molar-refractivity contribution < 1.29 is 38.0 Å². The Balaban J connectivity index is 1.21. The van der Waals surface area contributed by atoms with Crippen LogP contribution in [-0.2, 0) is 25.7 Å². The summed E-state index contributed by atoms with van der Waals surface area (Å²) in [5, 5.41) is 81.0. The predicted molar refractivity (Wildman–Crippen MR) is 257 cm³/mol. The van der Waals surface area contributed by atoms with Gasteiger partial charge in [-0.15, -0.1) is 0 Å². The third kappa shape index (κ3) is 12.0. The lowest BCUT2D eigenvalue weighted by Gasteiger charge is -2.16. The van der Waals surface area contributed by atoms with Crippen LogP contribution in [0.25, 0.3) is 0 Å². The number of aryl methyl sites for hydroxylation is 2. The Hall–Kier alpha value is -8.92. The molecule has 0 atom stereocenters. The lowest BCUT2D eigenvalue weighted by atomic mass is 9.92. The van der Waals surface area contributed by atoms with Gasteiger partial charge in [0.15, 0.2) is 0 Å². The van der Waals surface area contributed by atoms with Gasteiger partial charge in [0.25, 0.3) is 0 Å². The van der Waals surface area contributed by atoms with Crippen molar-refractivity contribution >= 4 is 45.5 Å². The van der Waals surface area contributed by atoms with Gasteiger partial charge in [-0.2, -0.15) is 40.9 Å². The Bertz CT molecular complexity index is 3380. The van der Waals surface area contributed by atoms with Gasteiger partial charge < -0.3 is 20.4 Å². The minimum atomic E-state index is -0.524. The fourth-order valence-electron chi connectivity index (χ4n) is 7.60. The number of aromatic hydroxyl groups is 4. The Morgan fingerprint density at radius 3 is 0.843 bits per heavy atom. The van der Waals surface area contributed by atoms with Crippen LogP contribution in [0.5, 0.6) is 23.0 Å². The van der Waals surface area contributed by atoms with Crippen molar-refractivity contribution in [2.75, 3.05) is 0 Å². The Labute approximate surface area is 399 Å². The molecule has 70 heavy (non-hydrogen) atoms. The summed E-state index contributed by atoms with van der Waals surface area (Å²) < 4.78 is 56.1. The van der Waals surface area contributed by atoms with Crippen LogP contribution in [0.15, 0.2) is 187 Å². The van der Waals surface area contributed by atoms with Crippen molar-refractivity contribution in [1.82, 2.24) is 0 Å².